The summed E-state index contributed by atoms with van der Waals surface area (Å²) in [4.78, 5) is 19.3. The minimum absolute atomic E-state index is 0.0155. The number of aryl methyl sites for hydroxylation is 1. The van der Waals surface area contributed by atoms with Crippen LogP contribution in [-0.4, -0.2) is 31.9 Å². The van der Waals surface area contributed by atoms with Crippen LogP contribution in [0.5, 0.6) is 0 Å². The van der Waals surface area contributed by atoms with Gasteiger partial charge in [0.2, 0.25) is 0 Å². The van der Waals surface area contributed by atoms with E-state index in [0.717, 1.165) is 19.4 Å². The van der Waals surface area contributed by atoms with E-state index in [9.17, 15) is 4.79 Å². The Bertz CT molecular complexity index is 853. The van der Waals surface area contributed by atoms with Crippen molar-refractivity contribution in [2.75, 3.05) is 6.54 Å². The average molecular weight is 306 g/mol. The largest absolute Gasteiger partial charge is 0.331 e. The zero-order valence-corrected chi connectivity index (χ0v) is 13.0. The van der Waals surface area contributed by atoms with Gasteiger partial charge in [0.05, 0.1) is 12.2 Å². The Morgan fingerprint density at radius 3 is 2.91 bits per heavy atom. The van der Waals surface area contributed by atoms with E-state index in [4.69, 9.17) is 0 Å². The molecule has 0 saturated carbocycles. The summed E-state index contributed by atoms with van der Waals surface area (Å²) in [5, 5.41) is 4.23. The van der Waals surface area contributed by atoms with Crippen molar-refractivity contribution in [1.82, 2.24) is 19.5 Å². The van der Waals surface area contributed by atoms with E-state index in [1.165, 1.54) is 11.1 Å². The fraction of sp³-hybridized carbons (Fsp3) is 0.278. The van der Waals surface area contributed by atoms with Gasteiger partial charge in [-0.3, -0.25) is 4.79 Å². The van der Waals surface area contributed by atoms with Gasteiger partial charge < -0.3 is 4.90 Å². The van der Waals surface area contributed by atoms with Crippen molar-refractivity contribution in [3.63, 3.8) is 0 Å². The van der Waals surface area contributed by atoms with Crippen LogP contribution in [0, 0.1) is 6.92 Å². The molecule has 1 aliphatic heterocycles. The molecule has 3 aromatic rings. The van der Waals surface area contributed by atoms with E-state index in [0.29, 0.717) is 11.2 Å². The second kappa shape index (κ2) is 5.50. The Hall–Kier alpha value is -2.69. The molecule has 116 valence electrons. The number of rotatable bonds is 2. The molecule has 0 unspecified atom stereocenters. The molecular weight excluding hydrogens is 288 g/mol. The highest BCUT2D eigenvalue weighted by atomic mass is 16.2. The molecule has 5 nitrogen and oxygen atoms in total. The van der Waals surface area contributed by atoms with Gasteiger partial charge in [-0.15, -0.1) is 0 Å². The summed E-state index contributed by atoms with van der Waals surface area (Å²) in [7, 11) is 0. The number of hydrogen-bond donors (Lipinski definition) is 0. The predicted octanol–water partition coefficient (Wildman–Crippen LogP) is 3.02. The lowest BCUT2D eigenvalue weighted by atomic mass is 10.0. The van der Waals surface area contributed by atoms with E-state index >= 15 is 0 Å². The molecule has 3 heterocycles. The molecule has 0 radical (unpaired) electrons. The SMILES string of the molecule is Cc1ccc([C@@H]2CCCN2C(=O)c2cnn3cccnc23)cc1. The molecule has 0 bridgehead atoms. The van der Waals surface area contributed by atoms with E-state index in [1.807, 2.05) is 4.90 Å². The summed E-state index contributed by atoms with van der Waals surface area (Å²) < 4.78 is 1.64. The first-order chi connectivity index (χ1) is 11.2. The molecule has 4 rings (SSSR count). The fourth-order valence-corrected chi connectivity index (χ4v) is 3.28. The van der Waals surface area contributed by atoms with Crippen molar-refractivity contribution in [3.05, 3.63) is 65.6 Å². The Labute approximate surface area is 134 Å². The average Bonchev–Trinajstić information content (AvgIpc) is 3.22. The van der Waals surface area contributed by atoms with Gasteiger partial charge in [-0.05, 0) is 31.4 Å². The Balaban J connectivity index is 1.68. The molecule has 1 aliphatic rings. The van der Waals surface area contributed by atoms with Gasteiger partial charge in [0.1, 0.15) is 5.56 Å². The highest BCUT2D eigenvalue weighted by Crippen LogP contribution is 2.33. The van der Waals surface area contributed by atoms with Crippen molar-refractivity contribution >= 4 is 11.6 Å². The molecule has 0 aliphatic carbocycles. The molecule has 23 heavy (non-hydrogen) atoms. The maximum Gasteiger partial charge on any atom is 0.259 e. The first kappa shape index (κ1) is 13.9. The van der Waals surface area contributed by atoms with Crippen molar-refractivity contribution in [1.29, 1.82) is 0 Å². The Morgan fingerprint density at radius 2 is 2.09 bits per heavy atom. The summed E-state index contributed by atoms with van der Waals surface area (Å²) in [6, 6.07) is 10.4. The third kappa shape index (κ3) is 2.38. The van der Waals surface area contributed by atoms with Crippen LogP contribution >= 0.6 is 0 Å². The second-order valence-electron chi connectivity index (χ2n) is 6.01. The van der Waals surface area contributed by atoms with Gasteiger partial charge in [0, 0.05) is 18.9 Å². The van der Waals surface area contributed by atoms with Crippen LogP contribution in [0.15, 0.2) is 48.9 Å². The normalized spacial score (nSPS) is 17.8. The Morgan fingerprint density at radius 1 is 1.26 bits per heavy atom. The lowest BCUT2D eigenvalue weighted by Crippen LogP contribution is -2.30. The summed E-state index contributed by atoms with van der Waals surface area (Å²) >= 11 is 0. The summed E-state index contributed by atoms with van der Waals surface area (Å²) in [6.07, 6.45) is 7.14. The molecule has 0 spiro atoms. The van der Waals surface area contributed by atoms with Gasteiger partial charge in [-0.1, -0.05) is 29.8 Å². The van der Waals surface area contributed by atoms with E-state index in [-0.39, 0.29) is 11.9 Å². The number of fused-ring (bicyclic) bond motifs is 1. The zero-order valence-electron chi connectivity index (χ0n) is 13.0. The lowest BCUT2D eigenvalue weighted by molar-refractivity contribution is 0.0737. The maximum atomic E-state index is 13.0. The fourth-order valence-electron chi connectivity index (χ4n) is 3.28. The van der Waals surface area contributed by atoms with Crippen molar-refractivity contribution in [2.24, 2.45) is 0 Å². The molecule has 1 atom stereocenters. The smallest absolute Gasteiger partial charge is 0.259 e. The van der Waals surface area contributed by atoms with Crippen molar-refractivity contribution < 1.29 is 4.79 Å². The maximum absolute atomic E-state index is 13.0. The first-order valence-corrected chi connectivity index (χ1v) is 7.90. The van der Waals surface area contributed by atoms with Gasteiger partial charge in [0.25, 0.3) is 5.91 Å². The topological polar surface area (TPSA) is 50.5 Å². The number of hydrogen-bond acceptors (Lipinski definition) is 3. The lowest BCUT2D eigenvalue weighted by Gasteiger charge is -2.24. The molecule has 1 saturated heterocycles. The minimum Gasteiger partial charge on any atom is -0.331 e. The zero-order chi connectivity index (χ0) is 15.8. The number of benzene rings is 1. The number of nitrogens with zero attached hydrogens (tertiary/aromatic N) is 4. The third-order valence-corrected chi connectivity index (χ3v) is 4.49. The van der Waals surface area contributed by atoms with Gasteiger partial charge in [-0.25, -0.2) is 9.50 Å². The number of likely N-dealkylation sites (tertiary alicyclic amines) is 1. The van der Waals surface area contributed by atoms with Crippen molar-refractivity contribution in [2.45, 2.75) is 25.8 Å². The summed E-state index contributed by atoms with van der Waals surface area (Å²) in [5.74, 6) is 0.0155. The van der Waals surface area contributed by atoms with E-state index < -0.39 is 0 Å². The predicted molar refractivity (Wildman–Crippen MR) is 87.2 cm³/mol. The van der Waals surface area contributed by atoms with Crippen LogP contribution in [0.1, 0.15) is 40.4 Å². The molecule has 5 heteroatoms. The monoisotopic (exact) mass is 306 g/mol. The van der Waals surface area contributed by atoms with E-state index in [1.54, 1.807) is 29.2 Å². The minimum atomic E-state index is 0.0155. The quantitative estimate of drug-likeness (QED) is 0.731. The van der Waals surface area contributed by atoms with Crippen LogP contribution in [0.25, 0.3) is 5.65 Å². The molecule has 1 fully saturated rings. The van der Waals surface area contributed by atoms with E-state index in [2.05, 4.69) is 41.3 Å². The molecular formula is C18H18N4O. The summed E-state index contributed by atoms with van der Waals surface area (Å²) in [5.41, 5.74) is 3.62. The van der Waals surface area contributed by atoms with Gasteiger partial charge in [0.15, 0.2) is 5.65 Å². The summed E-state index contributed by atoms with van der Waals surface area (Å²) in [6.45, 7) is 2.85. The van der Waals surface area contributed by atoms with Crippen LogP contribution < -0.4 is 0 Å². The molecule has 2 aromatic heterocycles. The van der Waals surface area contributed by atoms with Gasteiger partial charge in [-0.2, -0.15) is 5.10 Å². The van der Waals surface area contributed by atoms with Crippen LogP contribution in [-0.2, 0) is 0 Å². The highest BCUT2D eigenvalue weighted by Gasteiger charge is 2.32. The number of aromatic nitrogens is 3. The van der Waals surface area contributed by atoms with Crippen LogP contribution in [0.4, 0.5) is 0 Å². The second-order valence-corrected chi connectivity index (χ2v) is 6.01. The molecule has 1 amide bonds. The third-order valence-electron chi connectivity index (χ3n) is 4.49. The molecule has 1 aromatic carbocycles. The number of amides is 1. The van der Waals surface area contributed by atoms with Gasteiger partial charge >= 0.3 is 0 Å². The number of carbonyl (C=O) groups excluding carboxylic acids is 1. The molecule has 0 N–H and O–H groups in total. The Kier molecular flexibility index (Phi) is 3.33. The van der Waals surface area contributed by atoms with Crippen LogP contribution in [0.2, 0.25) is 0 Å². The number of carbonyl (C=O) groups is 1. The first-order valence-electron chi connectivity index (χ1n) is 7.90. The van der Waals surface area contributed by atoms with Crippen LogP contribution in [0.3, 0.4) is 0 Å². The highest BCUT2D eigenvalue weighted by molar-refractivity contribution is 6.00. The standard InChI is InChI=1S/C18H18N4O/c1-13-5-7-14(8-6-13)16-4-2-10-21(16)18(23)15-12-20-22-11-3-9-19-17(15)22/h3,5-9,11-12,16H,2,4,10H2,1H3/t16-/m0/s1. The van der Waals surface area contributed by atoms with Crippen molar-refractivity contribution in [3.8, 4) is 0 Å².